The Morgan fingerprint density at radius 1 is 1.05 bits per heavy atom. The zero-order chi connectivity index (χ0) is 26.5. The molecule has 0 saturated carbocycles. The van der Waals surface area contributed by atoms with Crippen LogP contribution in [0, 0.1) is 11.6 Å². The molecule has 0 spiro atoms. The highest BCUT2D eigenvalue weighted by Gasteiger charge is 2.41. The molecular weight excluding hydrogens is 500 g/mol. The lowest BCUT2D eigenvalue weighted by Crippen LogP contribution is -2.46. The van der Waals surface area contributed by atoms with Crippen LogP contribution in [-0.2, 0) is 16.1 Å². The summed E-state index contributed by atoms with van der Waals surface area (Å²) in [6, 6.07) is 15.1. The number of likely N-dealkylation sites (tertiary alicyclic amines) is 1. The van der Waals surface area contributed by atoms with Gasteiger partial charge in [-0.3, -0.25) is 4.79 Å². The monoisotopic (exact) mass is 527 g/mol. The van der Waals surface area contributed by atoms with Crippen molar-refractivity contribution in [1.82, 2.24) is 4.90 Å². The molecule has 194 valence electrons. The highest BCUT2D eigenvalue weighted by Crippen LogP contribution is 2.33. The van der Waals surface area contributed by atoms with Gasteiger partial charge in [0.15, 0.2) is 11.6 Å². The number of aliphatic carboxylic acids is 1. The summed E-state index contributed by atoms with van der Waals surface area (Å²) in [5.41, 5.74) is 2.45. The second-order valence-electron chi connectivity index (χ2n) is 8.73. The summed E-state index contributed by atoms with van der Waals surface area (Å²) >= 11 is 1.33. The molecule has 0 radical (unpaired) electrons. The van der Waals surface area contributed by atoms with Gasteiger partial charge in [-0.2, -0.15) is 0 Å². The lowest BCUT2D eigenvalue weighted by atomic mass is 10.1. The summed E-state index contributed by atoms with van der Waals surface area (Å²) < 4.78 is 38.5. The van der Waals surface area contributed by atoms with E-state index in [1.807, 2.05) is 6.07 Å². The molecule has 0 unspecified atom stereocenters. The Balaban J connectivity index is 1.46. The molecule has 1 heterocycles. The summed E-state index contributed by atoms with van der Waals surface area (Å²) in [5, 5.41) is 9.59. The van der Waals surface area contributed by atoms with Crippen molar-refractivity contribution >= 4 is 23.6 Å². The Bertz CT molecular complexity index is 1280. The van der Waals surface area contributed by atoms with E-state index in [1.165, 1.54) is 35.9 Å². The standard InChI is InChI=1S/C28H27F2NO5S/c1-35-16-20-8-11-25(28(33)34)31(20)27(32)19-5-3-4-17(12-19)15-36-21-9-6-18(7-10-21)22-13-23(29)24(30)14-26(22)37-2/h3-7,9-10,12-14,20,25H,8,11,15-16H2,1-2H3,(H,33,34)/t20-,25+/m1/s1. The van der Waals surface area contributed by atoms with Crippen molar-refractivity contribution in [3.8, 4) is 16.9 Å². The summed E-state index contributed by atoms with van der Waals surface area (Å²) in [7, 11) is 1.53. The summed E-state index contributed by atoms with van der Waals surface area (Å²) in [5.74, 6) is -2.59. The van der Waals surface area contributed by atoms with Gasteiger partial charge in [-0.15, -0.1) is 11.8 Å². The van der Waals surface area contributed by atoms with Crippen LogP contribution in [0.2, 0.25) is 0 Å². The Hall–Kier alpha value is -3.43. The van der Waals surface area contributed by atoms with Crippen molar-refractivity contribution < 1.29 is 33.0 Å². The first-order valence-electron chi connectivity index (χ1n) is 11.7. The number of carbonyl (C=O) groups is 2. The molecule has 37 heavy (non-hydrogen) atoms. The molecule has 6 nitrogen and oxygen atoms in total. The first-order valence-corrected chi connectivity index (χ1v) is 12.9. The number of carboxylic acids is 1. The van der Waals surface area contributed by atoms with Crippen molar-refractivity contribution in [2.45, 2.75) is 36.4 Å². The minimum Gasteiger partial charge on any atom is -0.489 e. The lowest BCUT2D eigenvalue weighted by molar-refractivity contribution is -0.141. The number of thioether (sulfide) groups is 1. The molecule has 1 N–H and O–H groups in total. The molecule has 1 aliphatic heterocycles. The van der Waals surface area contributed by atoms with E-state index >= 15 is 0 Å². The van der Waals surface area contributed by atoms with E-state index in [-0.39, 0.29) is 25.2 Å². The van der Waals surface area contributed by atoms with Gasteiger partial charge in [0, 0.05) is 17.6 Å². The van der Waals surface area contributed by atoms with Crippen molar-refractivity contribution in [3.05, 3.63) is 83.4 Å². The van der Waals surface area contributed by atoms with Gasteiger partial charge in [0.25, 0.3) is 5.91 Å². The third-order valence-electron chi connectivity index (χ3n) is 6.37. The van der Waals surface area contributed by atoms with E-state index in [1.54, 1.807) is 48.7 Å². The second kappa shape index (κ2) is 11.7. The summed E-state index contributed by atoms with van der Waals surface area (Å²) in [6.45, 7) is 0.461. The first kappa shape index (κ1) is 26.6. The van der Waals surface area contributed by atoms with Crippen LogP contribution in [0.3, 0.4) is 0 Å². The van der Waals surface area contributed by atoms with Gasteiger partial charge < -0.3 is 19.5 Å². The third-order valence-corrected chi connectivity index (χ3v) is 7.15. The minimum absolute atomic E-state index is 0.186. The molecule has 4 rings (SSSR count). The SMILES string of the molecule is COC[C@H]1CC[C@@H](C(=O)O)N1C(=O)c1cccc(COc2ccc(-c3cc(F)c(F)cc3SC)cc2)c1. The van der Waals surface area contributed by atoms with Crippen LogP contribution in [0.15, 0.2) is 65.6 Å². The number of benzene rings is 3. The van der Waals surface area contributed by atoms with Crippen LogP contribution in [-0.4, -0.2) is 53.9 Å². The van der Waals surface area contributed by atoms with Gasteiger partial charge >= 0.3 is 5.97 Å². The van der Waals surface area contributed by atoms with Gasteiger partial charge in [0.2, 0.25) is 0 Å². The van der Waals surface area contributed by atoms with Crippen molar-refractivity contribution in [3.63, 3.8) is 0 Å². The number of nitrogens with zero attached hydrogens (tertiary/aromatic N) is 1. The van der Waals surface area contributed by atoms with Crippen LogP contribution < -0.4 is 4.74 Å². The largest absolute Gasteiger partial charge is 0.489 e. The van der Waals surface area contributed by atoms with Crippen molar-refractivity contribution in [2.75, 3.05) is 20.0 Å². The predicted molar refractivity (Wildman–Crippen MR) is 137 cm³/mol. The van der Waals surface area contributed by atoms with E-state index in [2.05, 4.69) is 0 Å². The summed E-state index contributed by atoms with van der Waals surface area (Å²) in [4.78, 5) is 27.0. The molecular formula is C28H27F2NO5S. The third kappa shape index (κ3) is 5.94. The molecule has 0 bridgehead atoms. The summed E-state index contributed by atoms with van der Waals surface area (Å²) in [6.07, 6.45) is 2.75. The van der Waals surface area contributed by atoms with Gasteiger partial charge in [-0.25, -0.2) is 13.6 Å². The van der Waals surface area contributed by atoms with Crippen LogP contribution in [0.1, 0.15) is 28.8 Å². The zero-order valence-electron chi connectivity index (χ0n) is 20.4. The maximum absolute atomic E-state index is 13.8. The zero-order valence-corrected chi connectivity index (χ0v) is 21.3. The average Bonchev–Trinajstić information content (AvgIpc) is 3.33. The van der Waals surface area contributed by atoms with Gasteiger partial charge in [-0.1, -0.05) is 24.3 Å². The fraction of sp³-hybridized carbons (Fsp3) is 0.286. The van der Waals surface area contributed by atoms with Gasteiger partial charge in [-0.05, 0) is 72.2 Å². The van der Waals surface area contributed by atoms with Gasteiger partial charge in [0.1, 0.15) is 18.4 Å². The van der Waals surface area contributed by atoms with E-state index in [0.29, 0.717) is 34.6 Å². The van der Waals surface area contributed by atoms with E-state index in [0.717, 1.165) is 11.1 Å². The van der Waals surface area contributed by atoms with Crippen LogP contribution in [0.25, 0.3) is 11.1 Å². The number of carboxylic acid groups (broad SMARTS) is 1. The lowest BCUT2D eigenvalue weighted by Gasteiger charge is -2.28. The fourth-order valence-corrected chi connectivity index (χ4v) is 5.17. The minimum atomic E-state index is -1.03. The highest BCUT2D eigenvalue weighted by molar-refractivity contribution is 7.98. The number of hydrogen-bond donors (Lipinski definition) is 1. The number of halogens is 2. The van der Waals surface area contributed by atoms with E-state index in [4.69, 9.17) is 9.47 Å². The molecule has 9 heteroatoms. The smallest absolute Gasteiger partial charge is 0.326 e. The molecule has 3 aromatic carbocycles. The Kier molecular flexibility index (Phi) is 8.45. The maximum atomic E-state index is 13.8. The molecule has 1 fully saturated rings. The van der Waals surface area contributed by atoms with Crippen LogP contribution in [0.4, 0.5) is 8.78 Å². The number of methoxy groups -OCH3 is 1. The molecule has 1 amide bonds. The Morgan fingerprint density at radius 3 is 2.46 bits per heavy atom. The normalized spacial score (nSPS) is 17.1. The van der Waals surface area contributed by atoms with E-state index in [9.17, 15) is 23.5 Å². The number of ether oxygens (including phenoxy) is 2. The second-order valence-corrected chi connectivity index (χ2v) is 9.58. The van der Waals surface area contributed by atoms with Crippen molar-refractivity contribution in [1.29, 1.82) is 0 Å². The number of amides is 1. The molecule has 0 aliphatic carbocycles. The molecule has 1 aliphatic rings. The van der Waals surface area contributed by atoms with Gasteiger partial charge in [0.05, 0.1) is 12.6 Å². The number of hydrogen-bond acceptors (Lipinski definition) is 5. The topological polar surface area (TPSA) is 76.1 Å². The molecule has 0 aromatic heterocycles. The predicted octanol–water partition coefficient (Wildman–Crippen LogP) is 5.64. The Labute approximate surface area is 218 Å². The van der Waals surface area contributed by atoms with Crippen LogP contribution >= 0.6 is 11.8 Å². The molecule has 2 atom stereocenters. The molecule has 1 saturated heterocycles. The van der Waals surface area contributed by atoms with E-state index < -0.39 is 23.6 Å². The fourth-order valence-electron chi connectivity index (χ4n) is 4.55. The average molecular weight is 528 g/mol. The number of rotatable bonds is 9. The van der Waals surface area contributed by atoms with Crippen molar-refractivity contribution in [2.24, 2.45) is 0 Å². The number of carbonyl (C=O) groups excluding carboxylic acids is 1. The van der Waals surface area contributed by atoms with Crippen LogP contribution in [0.5, 0.6) is 5.75 Å². The Morgan fingerprint density at radius 2 is 1.78 bits per heavy atom. The highest BCUT2D eigenvalue weighted by atomic mass is 32.2. The first-order chi connectivity index (χ1) is 17.8. The maximum Gasteiger partial charge on any atom is 0.326 e. The molecule has 3 aromatic rings. The quantitative estimate of drug-likeness (QED) is 0.363.